The monoisotopic (exact) mass is 443 g/mol. The van der Waals surface area contributed by atoms with Crippen LogP contribution in [0.4, 0.5) is 11.6 Å². The molecule has 4 heterocycles. The number of nitrogens with zero attached hydrogens (tertiary/aromatic N) is 4. The number of hydrogen-bond acceptors (Lipinski definition) is 6. The van der Waals surface area contributed by atoms with Crippen LogP contribution >= 0.6 is 0 Å². The van der Waals surface area contributed by atoms with Crippen LogP contribution in [-0.2, 0) is 6.42 Å². The van der Waals surface area contributed by atoms with Crippen LogP contribution in [0.2, 0.25) is 0 Å². The number of piperidine rings is 1. The average Bonchev–Trinajstić information content (AvgIpc) is 3.18. The van der Waals surface area contributed by atoms with Crippen molar-refractivity contribution in [2.45, 2.75) is 52.1 Å². The fourth-order valence-corrected chi connectivity index (χ4v) is 4.75. The first-order valence-electron chi connectivity index (χ1n) is 11.6. The molecule has 7 heteroatoms. The van der Waals surface area contributed by atoms with E-state index in [1.807, 2.05) is 55.3 Å². The van der Waals surface area contributed by atoms with E-state index in [0.717, 1.165) is 72.0 Å². The van der Waals surface area contributed by atoms with E-state index in [-0.39, 0.29) is 12.0 Å². The molecule has 0 spiro atoms. The molecular weight excluding hydrogens is 414 g/mol. The fourth-order valence-electron chi connectivity index (χ4n) is 4.75. The summed E-state index contributed by atoms with van der Waals surface area (Å²) >= 11 is 0. The van der Waals surface area contributed by atoms with Gasteiger partial charge in [-0.2, -0.15) is 0 Å². The van der Waals surface area contributed by atoms with Crippen molar-refractivity contribution >= 4 is 17.5 Å². The van der Waals surface area contributed by atoms with Gasteiger partial charge in [0, 0.05) is 48.1 Å². The van der Waals surface area contributed by atoms with Crippen molar-refractivity contribution in [3.63, 3.8) is 0 Å². The van der Waals surface area contributed by atoms with Crippen molar-refractivity contribution in [2.24, 2.45) is 0 Å². The summed E-state index contributed by atoms with van der Waals surface area (Å²) in [6.45, 7) is 7.45. The lowest BCUT2D eigenvalue weighted by Crippen LogP contribution is -2.38. The smallest absolute Gasteiger partial charge is 0.253 e. The maximum Gasteiger partial charge on any atom is 0.253 e. The van der Waals surface area contributed by atoms with Gasteiger partial charge in [0.05, 0.1) is 11.9 Å². The minimum absolute atomic E-state index is 0.108. The van der Waals surface area contributed by atoms with E-state index < -0.39 is 0 Å². The molecule has 2 aromatic heterocycles. The fraction of sp³-hybridized carbons (Fsp3) is 0.385. The summed E-state index contributed by atoms with van der Waals surface area (Å²) in [5, 5.41) is 3.23. The number of rotatable bonds is 4. The first-order chi connectivity index (χ1) is 15.9. The van der Waals surface area contributed by atoms with Crippen molar-refractivity contribution in [1.29, 1.82) is 0 Å². The van der Waals surface area contributed by atoms with Crippen molar-refractivity contribution in [2.75, 3.05) is 18.4 Å². The van der Waals surface area contributed by atoms with E-state index >= 15 is 0 Å². The Balaban J connectivity index is 1.19. The van der Waals surface area contributed by atoms with Gasteiger partial charge in [0.2, 0.25) is 5.95 Å². The standard InChI is InChI=1S/C26H29N5O2/c1-16-12-17(2)29-26(28-16)30-22-5-6-23(27-15-22)19-8-10-31(11-9-19)25(32)20-4-7-24-21(14-20)13-18(3)33-24/h4-7,12,14-15,18-19H,8-11,13H2,1-3H3,(H,28,29,30)/t18-/m1/s1. The van der Waals surface area contributed by atoms with Gasteiger partial charge in [-0.05, 0) is 75.6 Å². The molecule has 1 saturated heterocycles. The van der Waals surface area contributed by atoms with Crippen LogP contribution in [0.25, 0.3) is 0 Å². The Hall–Kier alpha value is -3.48. The van der Waals surface area contributed by atoms with Crippen LogP contribution in [0.1, 0.15) is 58.7 Å². The number of pyridine rings is 1. The first kappa shape index (κ1) is 21.4. The molecule has 0 radical (unpaired) electrons. The number of nitrogens with one attached hydrogen (secondary N) is 1. The summed E-state index contributed by atoms with van der Waals surface area (Å²) in [5.41, 5.74) is 5.68. The molecule has 2 aliphatic rings. The zero-order valence-electron chi connectivity index (χ0n) is 19.3. The van der Waals surface area contributed by atoms with Crippen LogP contribution in [0.5, 0.6) is 5.75 Å². The summed E-state index contributed by atoms with van der Waals surface area (Å²) in [4.78, 5) is 28.5. The Bertz CT molecular complexity index is 1150. The topological polar surface area (TPSA) is 80.2 Å². The molecule has 1 amide bonds. The van der Waals surface area contributed by atoms with Gasteiger partial charge in [-0.1, -0.05) is 0 Å². The van der Waals surface area contributed by atoms with Crippen molar-refractivity contribution in [3.8, 4) is 5.75 Å². The number of fused-ring (bicyclic) bond motifs is 1. The van der Waals surface area contributed by atoms with Gasteiger partial charge in [0.15, 0.2) is 0 Å². The highest BCUT2D eigenvalue weighted by atomic mass is 16.5. The molecule has 1 atom stereocenters. The first-order valence-corrected chi connectivity index (χ1v) is 11.6. The molecule has 0 saturated carbocycles. The normalized spacial score (nSPS) is 18.0. The molecule has 0 bridgehead atoms. The predicted molar refractivity (Wildman–Crippen MR) is 127 cm³/mol. The van der Waals surface area contributed by atoms with E-state index in [2.05, 4.69) is 33.3 Å². The molecule has 1 N–H and O–H groups in total. The summed E-state index contributed by atoms with van der Waals surface area (Å²) < 4.78 is 5.76. The van der Waals surface area contributed by atoms with Gasteiger partial charge < -0.3 is 15.0 Å². The lowest BCUT2D eigenvalue weighted by Gasteiger charge is -2.32. The van der Waals surface area contributed by atoms with Crippen LogP contribution < -0.4 is 10.1 Å². The average molecular weight is 444 g/mol. The Morgan fingerprint density at radius 1 is 1.06 bits per heavy atom. The molecular formula is C26H29N5O2. The Labute approximate surface area is 194 Å². The second kappa shape index (κ2) is 8.81. The minimum Gasteiger partial charge on any atom is -0.490 e. The van der Waals surface area contributed by atoms with Crippen LogP contribution in [0.3, 0.4) is 0 Å². The zero-order chi connectivity index (χ0) is 22.9. The third-order valence-corrected chi connectivity index (χ3v) is 6.37. The molecule has 1 aromatic carbocycles. The summed E-state index contributed by atoms with van der Waals surface area (Å²) in [6, 6.07) is 11.9. The highest BCUT2D eigenvalue weighted by Gasteiger charge is 2.27. The molecule has 0 unspecified atom stereocenters. The molecule has 1 fully saturated rings. The SMILES string of the molecule is Cc1cc(C)nc(Nc2ccc(C3CCN(C(=O)c4ccc5c(c4)C[C@@H](C)O5)CC3)nc2)n1. The zero-order valence-corrected chi connectivity index (χ0v) is 19.3. The molecule has 3 aromatic rings. The maximum atomic E-state index is 13.0. The summed E-state index contributed by atoms with van der Waals surface area (Å²) in [5.74, 6) is 1.96. The number of anilines is 2. The van der Waals surface area contributed by atoms with E-state index in [1.54, 1.807) is 0 Å². The molecule has 33 heavy (non-hydrogen) atoms. The van der Waals surface area contributed by atoms with E-state index in [0.29, 0.717) is 11.9 Å². The number of amides is 1. The number of likely N-dealkylation sites (tertiary alicyclic amines) is 1. The largest absolute Gasteiger partial charge is 0.490 e. The summed E-state index contributed by atoms with van der Waals surface area (Å²) in [7, 11) is 0. The third kappa shape index (κ3) is 4.67. The van der Waals surface area contributed by atoms with Gasteiger partial charge >= 0.3 is 0 Å². The highest BCUT2D eigenvalue weighted by molar-refractivity contribution is 5.94. The number of hydrogen-bond donors (Lipinski definition) is 1. The Morgan fingerprint density at radius 3 is 2.52 bits per heavy atom. The van der Waals surface area contributed by atoms with Crippen LogP contribution in [0.15, 0.2) is 42.6 Å². The van der Waals surface area contributed by atoms with Crippen LogP contribution in [-0.4, -0.2) is 45.0 Å². The Morgan fingerprint density at radius 2 is 1.82 bits per heavy atom. The van der Waals surface area contributed by atoms with Gasteiger partial charge in [0.1, 0.15) is 11.9 Å². The maximum absolute atomic E-state index is 13.0. The molecule has 7 nitrogen and oxygen atoms in total. The number of carbonyl (C=O) groups is 1. The van der Waals surface area contributed by atoms with Gasteiger partial charge in [-0.25, -0.2) is 9.97 Å². The second-order valence-corrected chi connectivity index (χ2v) is 9.09. The van der Waals surface area contributed by atoms with Gasteiger partial charge in [0.25, 0.3) is 5.91 Å². The second-order valence-electron chi connectivity index (χ2n) is 9.09. The number of ether oxygens (including phenoxy) is 1. The minimum atomic E-state index is 0.108. The van der Waals surface area contributed by atoms with E-state index in [4.69, 9.17) is 4.74 Å². The van der Waals surface area contributed by atoms with Crippen molar-refractivity contribution in [1.82, 2.24) is 19.9 Å². The number of aryl methyl sites for hydroxylation is 2. The Kier molecular flexibility index (Phi) is 5.70. The summed E-state index contributed by atoms with van der Waals surface area (Å²) in [6.07, 6.45) is 4.71. The van der Waals surface area contributed by atoms with Gasteiger partial charge in [-0.3, -0.25) is 9.78 Å². The number of benzene rings is 1. The molecule has 2 aliphatic heterocycles. The number of aromatic nitrogens is 3. The molecule has 5 rings (SSSR count). The molecule has 0 aliphatic carbocycles. The lowest BCUT2D eigenvalue weighted by atomic mass is 9.92. The highest BCUT2D eigenvalue weighted by Crippen LogP contribution is 2.31. The quantitative estimate of drug-likeness (QED) is 0.636. The lowest BCUT2D eigenvalue weighted by molar-refractivity contribution is 0.0712. The van der Waals surface area contributed by atoms with E-state index in [9.17, 15) is 4.79 Å². The van der Waals surface area contributed by atoms with Crippen molar-refractivity contribution in [3.05, 3.63) is 70.8 Å². The predicted octanol–water partition coefficient (Wildman–Crippen LogP) is 4.58. The van der Waals surface area contributed by atoms with E-state index in [1.165, 1.54) is 0 Å². The molecule has 170 valence electrons. The van der Waals surface area contributed by atoms with Crippen molar-refractivity contribution < 1.29 is 9.53 Å². The number of carbonyl (C=O) groups excluding carboxylic acids is 1. The van der Waals surface area contributed by atoms with Crippen LogP contribution in [0, 0.1) is 13.8 Å². The van der Waals surface area contributed by atoms with Gasteiger partial charge in [-0.15, -0.1) is 0 Å². The third-order valence-electron chi connectivity index (χ3n) is 6.37.